The molecule has 174 valence electrons. The van der Waals surface area contributed by atoms with Crippen LogP contribution in [0, 0.1) is 17.2 Å². The van der Waals surface area contributed by atoms with Crippen LogP contribution in [0.2, 0.25) is 5.02 Å². The van der Waals surface area contributed by atoms with Crippen LogP contribution in [0.5, 0.6) is 0 Å². The number of ketones is 1. The van der Waals surface area contributed by atoms with Gasteiger partial charge in [0.15, 0.2) is 5.78 Å². The molecule has 1 N–H and O–H groups in total. The first-order chi connectivity index (χ1) is 15.0. The molecular weight excluding hydrogens is 431 g/mol. The molecule has 1 aliphatic heterocycles. The smallest absolute Gasteiger partial charge is 0.223 e. The molecule has 0 aliphatic carbocycles. The van der Waals surface area contributed by atoms with E-state index in [0.29, 0.717) is 36.6 Å². The van der Waals surface area contributed by atoms with Crippen molar-refractivity contribution in [3.05, 3.63) is 40.4 Å². The Hall–Kier alpha value is -2.25. The third kappa shape index (κ3) is 5.56. The van der Waals surface area contributed by atoms with Gasteiger partial charge in [-0.05, 0) is 50.0 Å². The van der Waals surface area contributed by atoms with E-state index in [0.717, 1.165) is 18.7 Å². The van der Waals surface area contributed by atoms with E-state index in [-0.39, 0.29) is 28.5 Å². The number of hydrogen-bond donors (Lipinski definition) is 1. The lowest BCUT2D eigenvalue weighted by Gasteiger charge is -2.24. The van der Waals surface area contributed by atoms with Crippen molar-refractivity contribution in [3.8, 4) is 11.4 Å². The van der Waals surface area contributed by atoms with Crippen molar-refractivity contribution in [2.75, 3.05) is 20.6 Å². The van der Waals surface area contributed by atoms with Crippen molar-refractivity contribution in [1.82, 2.24) is 19.8 Å². The lowest BCUT2D eigenvalue weighted by Crippen LogP contribution is -2.32. The minimum Gasteiger partial charge on any atom is -0.359 e. The summed E-state index contributed by atoms with van der Waals surface area (Å²) in [6.45, 7) is 8.34. The van der Waals surface area contributed by atoms with Crippen LogP contribution < -0.4 is 5.32 Å². The number of Topliss-reactive ketones (excluding diaryl/α,β-unsaturated/α-hetero) is 1. The highest BCUT2D eigenvalue weighted by molar-refractivity contribution is 6.31. The molecule has 2 aromatic rings. The van der Waals surface area contributed by atoms with E-state index in [1.54, 1.807) is 19.2 Å². The third-order valence-electron chi connectivity index (χ3n) is 5.76. The molecule has 0 saturated heterocycles. The quantitative estimate of drug-likeness (QED) is 0.639. The average Bonchev–Trinajstić information content (AvgIpc) is 2.94. The van der Waals surface area contributed by atoms with Crippen molar-refractivity contribution in [3.63, 3.8) is 0 Å². The second-order valence-corrected chi connectivity index (χ2v) is 10.2. The largest absolute Gasteiger partial charge is 0.359 e. The Bertz CT molecular complexity index is 1010. The molecule has 1 atom stereocenters. The summed E-state index contributed by atoms with van der Waals surface area (Å²) in [5.41, 5.74) is 1.78. The Morgan fingerprint density at radius 2 is 2.00 bits per heavy atom. The van der Waals surface area contributed by atoms with E-state index in [9.17, 15) is 14.0 Å². The Morgan fingerprint density at radius 3 is 2.62 bits per heavy atom. The maximum atomic E-state index is 13.7. The number of aromatic nitrogens is 2. The SMILES string of the molecule is CNC(=O)[C@@H](CC(=O)c1nc(-c2ccc(F)c(Cl)c2)n2c1CN(C)CCC2)CC(C)(C)C. The van der Waals surface area contributed by atoms with Crippen molar-refractivity contribution in [2.24, 2.45) is 11.3 Å². The van der Waals surface area contributed by atoms with Gasteiger partial charge in [0.05, 0.1) is 10.7 Å². The molecule has 0 spiro atoms. The molecule has 0 radical (unpaired) electrons. The average molecular weight is 463 g/mol. The van der Waals surface area contributed by atoms with Gasteiger partial charge < -0.3 is 14.8 Å². The van der Waals surface area contributed by atoms with Crippen LogP contribution in [0.25, 0.3) is 11.4 Å². The molecule has 6 nitrogen and oxygen atoms in total. The molecule has 0 bridgehead atoms. The fourth-order valence-corrected chi connectivity index (χ4v) is 4.50. The summed E-state index contributed by atoms with van der Waals surface area (Å²) in [6.07, 6.45) is 1.59. The maximum Gasteiger partial charge on any atom is 0.223 e. The Morgan fingerprint density at radius 1 is 1.28 bits per heavy atom. The first-order valence-corrected chi connectivity index (χ1v) is 11.4. The number of halogens is 2. The number of amides is 1. The maximum absolute atomic E-state index is 13.7. The van der Waals surface area contributed by atoms with E-state index >= 15 is 0 Å². The van der Waals surface area contributed by atoms with Crippen molar-refractivity contribution in [2.45, 2.75) is 53.1 Å². The number of imidazole rings is 1. The highest BCUT2D eigenvalue weighted by atomic mass is 35.5. The van der Waals surface area contributed by atoms with Gasteiger partial charge in [0.2, 0.25) is 5.91 Å². The van der Waals surface area contributed by atoms with Gasteiger partial charge in [0.25, 0.3) is 0 Å². The van der Waals surface area contributed by atoms with Crippen LogP contribution in [0.15, 0.2) is 18.2 Å². The summed E-state index contributed by atoms with van der Waals surface area (Å²) in [5.74, 6) is -0.614. The molecule has 1 aliphatic rings. The van der Waals surface area contributed by atoms with E-state index < -0.39 is 11.7 Å². The summed E-state index contributed by atoms with van der Waals surface area (Å²) < 4.78 is 15.8. The zero-order valence-electron chi connectivity index (χ0n) is 19.5. The van der Waals surface area contributed by atoms with Crippen molar-refractivity contribution in [1.29, 1.82) is 0 Å². The second-order valence-electron chi connectivity index (χ2n) is 9.81. The van der Waals surface area contributed by atoms with Gasteiger partial charge in [-0.15, -0.1) is 0 Å². The summed E-state index contributed by atoms with van der Waals surface area (Å²) in [6, 6.07) is 4.49. The van der Waals surface area contributed by atoms with Crippen molar-refractivity contribution >= 4 is 23.3 Å². The highest BCUT2D eigenvalue weighted by Gasteiger charge is 2.31. The molecular formula is C24H32ClFN4O2. The Balaban J connectivity index is 2.03. The topological polar surface area (TPSA) is 67.2 Å². The van der Waals surface area contributed by atoms with Gasteiger partial charge in [-0.3, -0.25) is 9.59 Å². The number of nitrogens with zero attached hydrogens (tertiary/aromatic N) is 3. The molecule has 8 heteroatoms. The molecule has 3 rings (SSSR count). The predicted molar refractivity (Wildman–Crippen MR) is 124 cm³/mol. The van der Waals surface area contributed by atoms with Gasteiger partial charge in [-0.2, -0.15) is 0 Å². The third-order valence-corrected chi connectivity index (χ3v) is 6.05. The molecule has 32 heavy (non-hydrogen) atoms. The van der Waals surface area contributed by atoms with Crippen LogP contribution >= 0.6 is 11.6 Å². The second kappa shape index (κ2) is 9.71. The summed E-state index contributed by atoms with van der Waals surface area (Å²) in [5, 5.41) is 2.71. The molecule has 1 aromatic heterocycles. The fourth-order valence-electron chi connectivity index (χ4n) is 4.32. The minimum absolute atomic E-state index is 0.0170. The van der Waals surface area contributed by atoms with Crippen molar-refractivity contribution < 1.29 is 14.0 Å². The van der Waals surface area contributed by atoms with Crippen LogP contribution in [-0.2, 0) is 17.9 Å². The molecule has 1 aromatic carbocycles. The Labute approximate surface area is 194 Å². The fraction of sp³-hybridized carbons (Fsp3) is 0.542. The standard InChI is InChI=1S/C24H32ClFN4O2/c1-24(2,3)13-16(23(32)27-4)12-20(31)21-19-14-29(5)9-6-10-30(19)22(28-21)15-7-8-18(26)17(25)11-15/h7-8,11,16H,6,9-10,12-14H2,1-5H3,(H,27,32)/t16-/m0/s1. The van der Waals surface area contributed by atoms with Crippen LogP contribution in [-0.4, -0.2) is 46.8 Å². The first kappa shape index (κ1) is 24.4. The van der Waals surface area contributed by atoms with E-state index in [4.69, 9.17) is 16.6 Å². The van der Waals surface area contributed by atoms with E-state index in [2.05, 4.69) is 31.0 Å². The van der Waals surface area contributed by atoms with Gasteiger partial charge >= 0.3 is 0 Å². The minimum atomic E-state index is -0.496. The predicted octanol–water partition coefficient (Wildman–Crippen LogP) is 4.55. The van der Waals surface area contributed by atoms with Gasteiger partial charge in [0.1, 0.15) is 17.3 Å². The monoisotopic (exact) mass is 462 g/mol. The van der Waals surface area contributed by atoms with Gasteiger partial charge in [-0.1, -0.05) is 32.4 Å². The lowest BCUT2D eigenvalue weighted by molar-refractivity contribution is -0.125. The number of benzene rings is 1. The zero-order chi connectivity index (χ0) is 23.6. The van der Waals surface area contributed by atoms with E-state index in [1.165, 1.54) is 6.07 Å². The molecule has 2 heterocycles. The number of carbonyl (C=O) groups is 2. The zero-order valence-corrected chi connectivity index (χ0v) is 20.2. The molecule has 0 unspecified atom stereocenters. The van der Waals surface area contributed by atoms with Crippen LogP contribution in [0.4, 0.5) is 4.39 Å². The number of nitrogens with one attached hydrogen (secondary N) is 1. The normalized spacial score (nSPS) is 15.7. The molecule has 1 amide bonds. The molecule has 0 fully saturated rings. The Kier molecular flexibility index (Phi) is 7.40. The van der Waals surface area contributed by atoms with Crippen LogP contribution in [0.3, 0.4) is 0 Å². The van der Waals surface area contributed by atoms with Gasteiger partial charge in [0, 0.05) is 38.0 Å². The summed E-state index contributed by atoms with van der Waals surface area (Å²) in [7, 11) is 3.61. The summed E-state index contributed by atoms with van der Waals surface area (Å²) >= 11 is 6.02. The number of hydrogen-bond acceptors (Lipinski definition) is 4. The molecule has 0 saturated carbocycles. The van der Waals surface area contributed by atoms with E-state index in [1.807, 2.05) is 11.6 Å². The number of fused-ring (bicyclic) bond motifs is 1. The van der Waals surface area contributed by atoms with Crippen LogP contribution in [0.1, 0.15) is 56.2 Å². The number of carbonyl (C=O) groups excluding carboxylic acids is 2. The number of rotatable bonds is 6. The lowest BCUT2D eigenvalue weighted by atomic mass is 9.81. The highest BCUT2D eigenvalue weighted by Crippen LogP contribution is 2.31. The first-order valence-electron chi connectivity index (χ1n) is 11.0. The summed E-state index contributed by atoms with van der Waals surface area (Å²) in [4.78, 5) is 32.8. The van der Waals surface area contributed by atoms with Gasteiger partial charge in [-0.25, -0.2) is 9.37 Å².